The normalized spacial score (nSPS) is 23.8. The summed E-state index contributed by atoms with van der Waals surface area (Å²) in [6.45, 7) is 6.17. The molecule has 6 nitrogen and oxygen atoms in total. The second-order valence-corrected chi connectivity index (χ2v) is 8.27. The van der Waals surface area contributed by atoms with Gasteiger partial charge in [-0.05, 0) is 44.7 Å². The third kappa shape index (κ3) is 4.48. The summed E-state index contributed by atoms with van der Waals surface area (Å²) in [5, 5.41) is 3.10. The van der Waals surface area contributed by atoms with E-state index in [1.807, 2.05) is 45.0 Å². The van der Waals surface area contributed by atoms with E-state index in [4.69, 9.17) is 15.9 Å². The second kappa shape index (κ2) is 8.24. The molecule has 1 fully saturated rings. The number of likely N-dealkylation sites (tertiary alicyclic amines) is 1. The number of terminal acetylenes is 1. The first kappa shape index (κ1) is 20.2. The maximum atomic E-state index is 13.1. The molecule has 150 valence electrons. The zero-order chi connectivity index (χ0) is 20.3. The second-order valence-electron chi connectivity index (χ2n) is 8.27. The largest absolute Gasteiger partial charge is 0.444 e. The molecule has 3 rings (SSSR count). The van der Waals surface area contributed by atoms with Gasteiger partial charge in [0.1, 0.15) is 18.2 Å². The Labute approximate surface area is 166 Å². The first-order chi connectivity index (χ1) is 13.3. The summed E-state index contributed by atoms with van der Waals surface area (Å²) >= 11 is 0. The van der Waals surface area contributed by atoms with Gasteiger partial charge in [-0.2, -0.15) is 0 Å². The zero-order valence-corrected chi connectivity index (χ0v) is 16.7. The highest BCUT2D eigenvalue weighted by Gasteiger charge is 2.40. The third-order valence-electron chi connectivity index (χ3n) is 5.04. The van der Waals surface area contributed by atoms with Crippen molar-refractivity contribution in [3.8, 4) is 12.3 Å². The molecule has 0 aromatic heterocycles. The van der Waals surface area contributed by atoms with Crippen LogP contribution in [0, 0.1) is 12.3 Å². The molecule has 1 heterocycles. The van der Waals surface area contributed by atoms with Gasteiger partial charge >= 0.3 is 6.09 Å². The molecule has 28 heavy (non-hydrogen) atoms. The Morgan fingerprint density at radius 3 is 2.79 bits per heavy atom. The minimum absolute atomic E-state index is 0.181. The molecule has 0 bridgehead atoms. The molecule has 6 heteroatoms. The van der Waals surface area contributed by atoms with E-state index in [0.717, 1.165) is 17.5 Å². The summed E-state index contributed by atoms with van der Waals surface area (Å²) in [6.07, 6.45) is 6.77. The van der Waals surface area contributed by atoms with Crippen molar-refractivity contribution in [3.05, 3.63) is 35.4 Å². The molecule has 1 aromatic rings. The molecule has 0 saturated carbocycles. The van der Waals surface area contributed by atoms with Gasteiger partial charge in [0.05, 0.1) is 12.1 Å². The summed E-state index contributed by atoms with van der Waals surface area (Å²) in [4.78, 5) is 27.1. The van der Waals surface area contributed by atoms with Gasteiger partial charge in [0.15, 0.2) is 0 Å². The molecule has 1 aliphatic carbocycles. The fourth-order valence-corrected chi connectivity index (χ4v) is 3.87. The van der Waals surface area contributed by atoms with E-state index in [9.17, 15) is 9.59 Å². The first-order valence-electron chi connectivity index (χ1n) is 9.73. The lowest BCUT2D eigenvalue weighted by molar-refractivity contribution is -0.127. The van der Waals surface area contributed by atoms with E-state index < -0.39 is 17.7 Å². The summed E-state index contributed by atoms with van der Waals surface area (Å²) in [7, 11) is 0. The summed E-state index contributed by atoms with van der Waals surface area (Å²) < 4.78 is 11.3. The van der Waals surface area contributed by atoms with E-state index in [1.54, 1.807) is 0 Å². The van der Waals surface area contributed by atoms with E-state index >= 15 is 0 Å². The van der Waals surface area contributed by atoms with Crippen LogP contribution in [-0.4, -0.2) is 47.8 Å². The molecular weight excluding hydrogens is 356 g/mol. The lowest BCUT2D eigenvalue weighted by atomic mass is 10.1. The fourth-order valence-electron chi connectivity index (χ4n) is 3.87. The topological polar surface area (TPSA) is 67.9 Å². The Hall–Kier alpha value is -2.52. The Morgan fingerprint density at radius 1 is 1.32 bits per heavy atom. The van der Waals surface area contributed by atoms with Crippen LogP contribution in [0.3, 0.4) is 0 Å². The van der Waals surface area contributed by atoms with Crippen LogP contribution in [0.2, 0.25) is 0 Å². The van der Waals surface area contributed by atoms with E-state index in [-0.39, 0.29) is 24.7 Å². The summed E-state index contributed by atoms with van der Waals surface area (Å²) in [6, 6.07) is 7.15. The van der Waals surface area contributed by atoms with Crippen molar-refractivity contribution in [1.82, 2.24) is 10.2 Å². The highest BCUT2D eigenvalue weighted by atomic mass is 16.6. The number of hydrogen-bond acceptors (Lipinski definition) is 4. The minimum atomic E-state index is -0.598. The molecular formula is C22H28N2O4. The zero-order valence-electron chi connectivity index (χ0n) is 16.7. The van der Waals surface area contributed by atoms with Crippen LogP contribution in [0.5, 0.6) is 0 Å². The van der Waals surface area contributed by atoms with Crippen LogP contribution < -0.4 is 5.32 Å². The van der Waals surface area contributed by atoms with Crippen molar-refractivity contribution in [2.45, 2.75) is 63.8 Å². The quantitative estimate of drug-likeness (QED) is 0.811. The molecule has 0 spiro atoms. The molecule has 1 aliphatic heterocycles. The number of hydrogen-bond donors (Lipinski definition) is 1. The summed E-state index contributed by atoms with van der Waals surface area (Å²) in [5.41, 5.74) is 1.59. The number of amides is 2. The van der Waals surface area contributed by atoms with E-state index in [0.29, 0.717) is 19.4 Å². The Morgan fingerprint density at radius 2 is 2.07 bits per heavy atom. The third-order valence-corrected chi connectivity index (χ3v) is 5.04. The number of carbonyl (C=O) groups is 2. The van der Waals surface area contributed by atoms with E-state index in [1.165, 1.54) is 4.90 Å². The predicted molar refractivity (Wildman–Crippen MR) is 106 cm³/mol. The molecule has 3 unspecified atom stereocenters. The number of fused-ring (bicyclic) bond motifs is 1. The van der Waals surface area contributed by atoms with Crippen molar-refractivity contribution >= 4 is 12.0 Å². The SMILES string of the molecule is C#CCOC1Cc2ccccc2C1NC(=O)C1CCCN1C(=O)OC(C)(C)C. The standard InChI is InChI=1S/C22H28N2O4/c1-5-13-27-18-14-15-9-6-7-10-16(15)19(18)23-20(25)17-11-8-12-24(17)21(26)28-22(2,3)4/h1,6-7,9-10,17-19H,8,11-14H2,2-4H3,(H,23,25). The van der Waals surface area contributed by atoms with Crippen molar-refractivity contribution in [1.29, 1.82) is 0 Å². The van der Waals surface area contributed by atoms with Crippen LogP contribution in [0.4, 0.5) is 4.79 Å². The maximum absolute atomic E-state index is 13.1. The van der Waals surface area contributed by atoms with Crippen LogP contribution in [0.1, 0.15) is 50.8 Å². The average Bonchev–Trinajstić information content (AvgIpc) is 3.24. The van der Waals surface area contributed by atoms with Crippen molar-refractivity contribution in [2.75, 3.05) is 13.2 Å². The number of rotatable bonds is 4. The van der Waals surface area contributed by atoms with Gasteiger partial charge in [-0.15, -0.1) is 6.42 Å². The Balaban J connectivity index is 1.73. The minimum Gasteiger partial charge on any atom is -0.444 e. The number of nitrogens with one attached hydrogen (secondary N) is 1. The highest BCUT2D eigenvalue weighted by Crippen LogP contribution is 2.34. The Bertz CT molecular complexity index is 777. The molecule has 0 radical (unpaired) electrons. The number of benzene rings is 1. The molecule has 2 amide bonds. The molecule has 1 saturated heterocycles. The van der Waals surface area contributed by atoms with Crippen molar-refractivity contribution < 1.29 is 19.1 Å². The lowest BCUT2D eigenvalue weighted by Gasteiger charge is -2.29. The summed E-state index contributed by atoms with van der Waals surface area (Å²) in [5.74, 6) is 2.31. The van der Waals surface area contributed by atoms with Crippen LogP contribution in [0.15, 0.2) is 24.3 Å². The lowest BCUT2D eigenvalue weighted by Crippen LogP contribution is -2.49. The van der Waals surface area contributed by atoms with Crippen molar-refractivity contribution in [2.24, 2.45) is 0 Å². The monoisotopic (exact) mass is 384 g/mol. The van der Waals surface area contributed by atoms with Crippen LogP contribution in [-0.2, 0) is 20.7 Å². The van der Waals surface area contributed by atoms with E-state index in [2.05, 4.69) is 11.2 Å². The first-order valence-corrected chi connectivity index (χ1v) is 9.73. The number of nitrogens with zero attached hydrogens (tertiary/aromatic N) is 1. The smallest absolute Gasteiger partial charge is 0.410 e. The van der Waals surface area contributed by atoms with Gasteiger partial charge in [0.25, 0.3) is 0 Å². The highest BCUT2D eigenvalue weighted by molar-refractivity contribution is 5.86. The average molecular weight is 384 g/mol. The maximum Gasteiger partial charge on any atom is 0.410 e. The van der Waals surface area contributed by atoms with Gasteiger partial charge in [0, 0.05) is 13.0 Å². The Kier molecular flexibility index (Phi) is 5.95. The van der Waals surface area contributed by atoms with Crippen molar-refractivity contribution in [3.63, 3.8) is 0 Å². The van der Waals surface area contributed by atoms with Gasteiger partial charge in [-0.1, -0.05) is 30.2 Å². The molecule has 1 N–H and O–H groups in total. The molecule has 3 atom stereocenters. The number of ether oxygens (including phenoxy) is 2. The van der Waals surface area contributed by atoms with Crippen LogP contribution in [0.25, 0.3) is 0 Å². The molecule has 1 aromatic carbocycles. The fraction of sp³-hybridized carbons (Fsp3) is 0.545. The van der Waals surface area contributed by atoms with Gasteiger partial charge in [-0.3, -0.25) is 9.69 Å². The number of carbonyl (C=O) groups excluding carboxylic acids is 2. The van der Waals surface area contributed by atoms with Gasteiger partial charge in [0.2, 0.25) is 5.91 Å². The molecule has 2 aliphatic rings. The predicted octanol–water partition coefficient (Wildman–Crippen LogP) is 2.82. The van der Waals surface area contributed by atoms with Gasteiger partial charge < -0.3 is 14.8 Å². The van der Waals surface area contributed by atoms with Gasteiger partial charge in [-0.25, -0.2) is 4.79 Å². The van der Waals surface area contributed by atoms with Crippen LogP contribution >= 0.6 is 0 Å².